The summed E-state index contributed by atoms with van der Waals surface area (Å²) in [5, 5.41) is 0. The fraction of sp³-hybridized carbons (Fsp3) is 0.571. The van der Waals surface area contributed by atoms with Gasteiger partial charge in [-0.15, -0.1) is 0 Å². The third kappa shape index (κ3) is 3.32. The second kappa shape index (κ2) is 6.02. The average Bonchev–Trinajstić information content (AvgIpc) is 2.33. The van der Waals surface area contributed by atoms with Crippen LogP contribution in [0.25, 0.3) is 0 Å². The van der Waals surface area contributed by atoms with Crippen LogP contribution >= 0.6 is 0 Å². The number of ether oxygens (including phenoxy) is 1. The zero-order valence-corrected chi connectivity index (χ0v) is 9.77. The highest BCUT2D eigenvalue weighted by Crippen LogP contribution is 2.23. The van der Waals surface area contributed by atoms with Crippen LogP contribution in [0.4, 0.5) is 0 Å². The van der Waals surface area contributed by atoms with Crippen LogP contribution in [0, 0.1) is 5.92 Å². The Morgan fingerprint density at radius 1 is 1.12 bits per heavy atom. The fourth-order valence-electron chi connectivity index (χ4n) is 2.35. The van der Waals surface area contributed by atoms with Crippen molar-refractivity contribution in [2.24, 2.45) is 11.7 Å². The van der Waals surface area contributed by atoms with Gasteiger partial charge in [-0.3, -0.25) is 0 Å². The fourth-order valence-corrected chi connectivity index (χ4v) is 2.35. The summed E-state index contributed by atoms with van der Waals surface area (Å²) in [6.07, 6.45) is 5.00. The Kier molecular flexibility index (Phi) is 4.37. The number of nitrogens with two attached hydrogens (primary N) is 1. The normalized spacial score (nSPS) is 25.6. The van der Waals surface area contributed by atoms with E-state index in [1.807, 2.05) is 18.2 Å². The van der Waals surface area contributed by atoms with Crippen LogP contribution in [-0.2, 0) is 11.3 Å². The lowest BCUT2D eigenvalue weighted by atomic mass is 9.86. The molecule has 1 fully saturated rings. The molecule has 2 atom stereocenters. The van der Waals surface area contributed by atoms with E-state index >= 15 is 0 Å². The highest BCUT2D eigenvalue weighted by atomic mass is 16.5. The number of benzene rings is 1. The molecule has 2 N–H and O–H groups in total. The van der Waals surface area contributed by atoms with Crippen LogP contribution in [-0.4, -0.2) is 12.6 Å². The predicted molar refractivity (Wildman–Crippen MR) is 66.0 cm³/mol. The second-order valence-electron chi connectivity index (χ2n) is 4.71. The molecule has 0 radical (unpaired) electrons. The van der Waals surface area contributed by atoms with Gasteiger partial charge in [0.25, 0.3) is 0 Å². The number of hydrogen-bond acceptors (Lipinski definition) is 2. The summed E-state index contributed by atoms with van der Waals surface area (Å²) in [6.45, 7) is 1.53. The molecule has 16 heavy (non-hydrogen) atoms. The molecule has 0 heterocycles. The number of hydrogen-bond donors (Lipinski definition) is 1. The highest BCUT2D eigenvalue weighted by molar-refractivity contribution is 5.13. The maximum Gasteiger partial charge on any atom is 0.0717 e. The van der Waals surface area contributed by atoms with Crippen molar-refractivity contribution in [2.75, 3.05) is 6.61 Å². The summed E-state index contributed by atoms with van der Waals surface area (Å²) in [7, 11) is 0. The molecule has 2 nitrogen and oxygen atoms in total. The van der Waals surface area contributed by atoms with Gasteiger partial charge in [0.05, 0.1) is 13.2 Å². The Balaban J connectivity index is 1.71. The van der Waals surface area contributed by atoms with E-state index in [1.54, 1.807) is 0 Å². The monoisotopic (exact) mass is 219 g/mol. The molecule has 1 aliphatic carbocycles. The van der Waals surface area contributed by atoms with Gasteiger partial charge < -0.3 is 10.5 Å². The third-order valence-corrected chi connectivity index (χ3v) is 3.41. The molecular formula is C14H21NO. The SMILES string of the molecule is N[C@@H]1CCCC[C@H]1COCc1ccccc1. The minimum Gasteiger partial charge on any atom is -0.376 e. The molecule has 1 aliphatic rings. The van der Waals surface area contributed by atoms with Gasteiger partial charge in [-0.1, -0.05) is 43.2 Å². The zero-order chi connectivity index (χ0) is 11.2. The Bertz CT molecular complexity index is 299. The molecule has 0 aromatic heterocycles. The average molecular weight is 219 g/mol. The summed E-state index contributed by atoms with van der Waals surface area (Å²) >= 11 is 0. The van der Waals surface area contributed by atoms with E-state index in [0.717, 1.165) is 6.61 Å². The van der Waals surface area contributed by atoms with Gasteiger partial charge >= 0.3 is 0 Å². The summed E-state index contributed by atoms with van der Waals surface area (Å²) in [5.41, 5.74) is 7.32. The largest absolute Gasteiger partial charge is 0.376 e. The topological polar surface area (TPSA) is 35.2 Å². The molecule has 1 saturated carbocycles. The molecule has 0 unspecified atom stereocenters. The van der Waals surface area contributed by atoms with Crippen molar-refractivity contribution in [3.05, 3.63) is 35.9 Å². The van der Waals surface area contributed by atoms with E-state index in [1.165, 1.54) is 31.2 Å². The first kappa shape index (κ1) is 11.6. The molecular weight excluding hydrogens is 198 g/mol. The molecule has 2 heteroatoms. The smallest absolute Gasteiger partial charge is 0.0717 e. The van der Waals surface area contributed by atoms with Crippen molar-refractivity contribution in [1.29, 1.82) is 0 Å². The standard InChI is InChI=1S/C14H21NO/c15-14-9-5-4-8-13(14)11-16-10-12-6-2-1-3-7-12/h1-3,6-7,13-14H,4-5,8-11,15H2/t13-,14+/m0/s1. The molecule has 0 amide bonds. The van der Waals surface area contributed by atoms with Crippen molar-refractivity contribution in [2.45, 2.75) is 38.3 Å². The quantitative estimate of drug-likeness (QED) is 0.845. The van der Waals surface area contributed by atoms with E-state index in [0.29, 0.717) is 18.6 Å². The van der Waals surface area contributed by atoms with Crippen molar-refractivity contribution >= 4 is 0 Å². The van der Waals surface area contributed by atoms with Crippen LogP contribution < -0.4 is 5.73 Å². The molecule has 88 valence electrons. The van der Waals surface area contributed by atoms with Crippen LogP contribution in [0.2, 0.25) is 0 Å². The van der Waals surface area contributed by atoms with Gasteiger partial charge in [0, 0.05) is 6.04 Å². The second-order valence-corrected chi connectivity index (χ2v) is 4.71. The van der Waals surface area contributed by atoms with Crippen molar-refractivity contribution in [3.63, 3.8) is 0 Å². The predicted octanol–water partition coefficient (Wildman–Crippen LogP) is 2.72. The Morgan fingerprint density at radius 3 is 2.62 bits per heavy atom. The van der Waals surface area contributed by atoms with E-state index in [9.17, 15) is 0 Å². The first-order valence-electron chi connectivity index (χ1n) is 6.23. The van der Waals surface area contributed by atoms with Crippen molar-refractivity contribution < 1.29 is 4.74 Å². The Labute approximate surface area is 97.8 Å². The van der Waals surface area contributed by atoms with Crippen LogP contribution in [0.15, 0.2) is 30.3 Å². The lowest BCUT2D eigenvalue weighted by Gasteiger charge is -2.28. The van der Waals surface area contributed by atoms with E-state index in [2.05, 4.69) is 12.1 Å². The summed E-state index contributed by atoms with van der Waals surface area (Å²) in [4.78, 5) is 0. The molecule has 0 bridgehead atoms. The van der Waals surface area contributed by atoms with Gasteiger partial charge in [-0.25, -0.2) is 0 Å². The summed E-state index contributed by atoms with van der Waals surface area (Å²) in [6, 6.07) is 10.7. The first-order chi connectivity index (χ1) is 7.86. The van der Waals surface area contributed by atoms with Gasteiger partial charge in [0.15, 0.2) is 0 Å². The Morgan fingerprint density at radius 2 is 1.88 bits per heavy atom. The molecule has 2 rings (SSSR count). The lowest BCUT2D eigenvalue weighted by molar-refractivity contribution is 0.0662. The van der Waals surface area contributed by atoms with Gasteiger partial charge in [-0.05, 0) is 24.3 Å². The van der Waals surface area contributed by atoms with E-state index < -0.39 is 0 Å². The molecule has 1 aromatic carbocycles. The molecule has 0 spiro atoms. The van der Waals surface area contributed by atoms with Crippen LogP contribution in [0.5, 0.6) is 0 Å². The van der Waals surface area contributed by atoms with E-state index in [-0.39, 0.29) is 0 Å². The van der Waals surface area contributed by atoms with Crippen LogP contribution in [0.1, 0.15) is 31.2 Å². The number of rotatable bonds is 4. The molecule has 0 aliphatic heterocycles. The van der Waals surface area contributed by atoms with Gasteiger partial charge in [-0.2, -0.15) is 0 Å². The summed E-state index contributed by atoms with van der Waals surface area (Å²) in [5.74, 6) is 0.567. The molecule has 1 aromatic rings. The first-order valence-corrected chi connectivity index (χ1v) is 6.23. The maximum absolute atomic E-state index is 6.08. The van der Waals surface area contributed by atoms with E-state index in [4.69, 9.17) is 10.5 Å². The maximum atomic E-state index is 6.08. The minimum atomic E-state index is 0.351. The molecule has 0 saturated heterocycles. The summed E-state index contributed by atoms with van der Waals surface area (Å²) < 4.78 is 5.75. The Hall–Kier alpha value is -0.860. The van der Waals surface area contributed by atoms with Gasteiger partial charge in [0.2, 0.25) is 0 Å². The minimum absolute atomic E-state index is 0.351. The highest BCUT2D eigenvalue weighted by Gasteiger charge is 2.21. The van der Waals surface area contributed by atoms with Gasteiger partial charge in [0.1, 0.15) is 0 Å². The van der Waals surface area contributed by atoms with Crippen LogP contribution in [0.3, 0.4) is 0 Å². The zero-order valence-electron chi connectivity index (χ0n) is 9.77. The van der Waals surface area contributed by atoms with Crippen molar-refractivity contribution in [1.82, 2.24) is 0 Å². The van der Waals surface area contributed by atoms with Crippen molar-refractivity contribution in [3.8, 4) is 0 Å². The lowest BCUT2D eigenvalue weighted by Crippen LogP contribution is -2.35. The third-order valence-electron chi connectivity index (χ3n) is 3.41.